The molecule has 1 aromatic rings. The maximum atomic E-state index is 12.3. The summed E-state index contributed by atoms with van der Waals surface area (Å²) in [7, 11) is 0. The molecule has 0 saturated heterocycles. The number of allylic oxidation sites excluding steroid dienone is 2. The van der Waals surface area contributed by atoms with Gasteiger partial charge in [-0.2, -0.15) is 0 Å². The highest BCUT2D eigenvalue weighted by molar-refractivity contribution is 5.95. The van der Waals surface area contributed by atoms with E-state index in [1.807, 2.05) is 0 Å². The van der Waals surface area contributed by atoms with Crippen molar-refractivity contribution >= 4 is 17.3 Å². The third-order valence-electron chi connectivity index (χ3n) is 4.37. The number of non-ortho nitro benzene ring substituents is 1. The summed E-state index contributed by atoms with van der Waals surface area (Å²) in [6, 6.07) is 6.09. The molecule has 1 amide bonds. The van der Waals surface area contributed by atoms with Crippen LogP contribution in [0.2, 0.25) is 0 Å². The fraction of sp³-hybridized carbons (Fsp3) is 0.438. The molecule has 110 valence electrons. The number of nitro groups is 1. The summed E-state index contributed by atoms with van der Waals surface area (Å²) in [5, 5.41) is 13.6. The van der Waals surface area contributed by atoms with Crippen LogP contribution in [0.25, 0.3) is 0 Å². The van der Waals surface area contributed by atoms with Crippen molar-refractivity contribution in [2.45, 2.75) is 25.7 Å². The van der Waals surface area contributed by atoms with Gasteiger partial charge in [0.2, 0.25) is 5.91 Å². The molecule has 0 heterocycles. The lowest BCUT2D eigenvalue weighted by Gasteiger charge is -2.04. The molecule has 1 fully saturated rings. The first-order valence-corrected chi connectivity index (χ1v) is 7.39. The fourth-order valence-electron chi connectivity index (χ4n) is 3.22. The van der Waals surface area contributed by atoms with Gasteiger partial charge in [0.15, 0.2) is 0 Å². The van der Waals surface area contributed by atoms with E-state index in [-0.39, 0.29) is 17.5 Å². The lowest BCUT2D eigenvalue weighted by Crippen LogP contribution is -2.15. The molecule has 3 atom stereocenters. The van der Waals surface area contributed by atoms with E-state index in [0.29, 0.717) is 17.5 Å². The van der Waals surface area contributed by atoms with Crippen LogP contribution in [0.3, 0.4) is 0 Å². The highest BCUT2D eigenvalue weighted by Gasteiger charge is 2.52. The number of carbonyl (C=O) groups excluding carboxylic acids is 1. The minimum absolute atomic E-state index is 0.00508. The number of carbonyl (C=O) groups is 1. The van der Waals surface area contributed by atoms with Gasteiger partial charge in [0.25, 0.3) is 5.69 Å². The molecule has 2 aliphatic carbocycles. The number of amides is 1. The minimum Gasteiger partial charge on any atom is -0.326 e. The van der Waals surface area contributed by atoms with E-state index >= 15 is 0 Å². The lowest BCUT2D eigenvalue weighted by molar-refractivity contribution is -0.384. The largest absolute Gasteiger partial charge is 0.326 e. The second kappa shape index (κ2) is 5.68. The van der Waals surface area contributed by atoms with Crippen molar-refractivity contribution in [3.05, 3.63) is 46.5 Å². The maximum absolute atomic E-state index is 12.3. The van der Waals surface area contributed by atoms with Crippen LogP contribution < -0.4 is 5.32 Å². The van der Waals surface area contributed by atoms with Crippen LogP contribution in [0, 0.1) is 27.9 Å². The van der Waals surface area contributed by atoms with Gasteiger partial charge in [-0.15, -0.1) is 0 Å². The molecule has 0 radical (unpaired) electrons. The van der Waals surface area contributed by atoms with Crippen LogP contribution in [-0.4, -0.2) is 10.8 Å². The Morgan fingerprint density at radius 2 is 2.19 bits per heavy atom. The van der Waals surface area contributed by atoms with Crippen molar-refractivity contribution in [3.8, 4) is 0 Å². The van der Waals surface area contributed by atoms with Gasteiger partial charge in [-0.3, -0.25) is 14.9 Å². The Balaban J connectivity index is 1.67. The molecule has 1 saturated carbocycles. The maximum Gasteiger partial charge on any atom is 0.271 e. The molecule has 3 rings (SSSR count). The predicted octanol–water partition coefficient (Wildman–Crippen LogP) is 3.53. The molecule has 0 spiro atoms. The first-order valence-electron chi connectivity index (χ1n) is 7.39. The number of nitrogens with one attached hydrogen (secondary N) is 1. The summed E-state index contributed by atoms with van der Waals surface area (Å²) in [5.41, 5.74) is 0.493. The van der Waals surface area contributed by atoms with Gasteiger partial charge < -0.3 is 5.32 Å². The van der Waals surface area contributed by atoms with Crippen molar-refractivity contribution in [2.75, 3.05) is 5.32 Å². The van der Waals surface area contributed by atoms with Crippen molar-refractivity contribution in [2.24, 2.45) is 17.8 Å². The van der Waals surface area contributed by atoms with E-state index in [1.54, 1.807) is 12.1 Å². The van der Waals surface area contributed by atoms with Gasteiger partial charge in [-0.25, -0.2) is 0 Å². The Morgan fingerprint density at radius 1 is 1.33 bits per heavy atom. The molecule has 2 aliphatic rings. The zero-order chi connectivity index (χ0) is 14.8. The summed E-state index contributed by atoms with van der Waals surface area (Å²) in [4.78, 5) is 22.6. The Hall–Kier alpha value is -2.17. The number of anilines is 1. The Labute approximate surface area is 123 Å². The molecule has 5 nitrogen and oxygen atoms in total. The zero-order valence-electron chi connectivity index (χ0n) is 11.7. The number of hydrogen-bond donors (Lipinski definition) is 1. The monoisotopic (exact) mass is 286 g/mol. The standard InChI is InChI=1S/C16H18N2O3/c19-16(15-13-8-3-1-2-4-9-14(13)15)17-11-6-5-7-12(10-11)18(20)21/h3,5-8,10,13-15H,1-2,4,9H2,(H,17,19)/b8-3-/t13-,14-,15-/m0/s1. The molecular formula is C16H18N2O3. The van der Waals surface area contributed by atoms with Gasteiger partial charge in [0.1, 0.15) is 0 Å². The Bertz CT molecular complexity index is 597. The van der Waals surface area contributed by atoms with Crippen molar-refractivity contribution < 1.29 is 9.72 Å². The van der Waals surface area contributed by atoms with Gasteiger partial charge >= 0.3 is 0 Å². The minimum atomic E-state index is -0.455. The van der Waals surface area contributed by atoms with E-state index in [9.17, 15) is 14.9 Å². The molecule has 1 N–H and O–H groups in total. The normalized spacial score (nSPS) is 28.7. The van der Waals surface area contributed by atoms with Gasteiger partial charge in [-0.05, 0) is 37.2 Å². The SMILES string of the molecule is O=C(Nc1cccc([N+](=O)[O-])c1)[C@H]1[C@H]2/C=C\CCCC[C@@H]21. The number of nitrogens with zero attached hydrogens (tertiary/aromatic N) is 1. The average Bonchev–Trinajstić information content (AvgIpc) is 3.10. The molecule has 5 heteroatoms. The number of rotatable bonds is 3. The summed E-state index contributed by atoms with van der Waals surface area (Å²) in [5.74, 6) is 0.805. The van der Waals surface area contributed by atoms with Crippen LogP contribution in [0.4, 0.5) is 11.4 Å². The van der Waals surface area contributed by atoms with E-state index in [1.165, 1.54) is 25.0 Å². The average molecular weight is 286 g/mol. The first-order chi connectivity index (χ1) is 10.2. The van der Waals surface area contributed by atoms with E-state index < -0.39 is 4.92 Å². The van der Waals surface area contributed by atoms with E-state index in [4.69, 9.17) is 0 Å². The van der Waals surface area contributed by atoms with Crippen molar-refractivity contribution in [1.29, 1.82) is 0 Å². The third-order valence-corrected chi connectivity index (χ3v) is 4.37. The number of hydrogen-bond acceptors (Lipinski definition) is 3. The molecule has 0 unspecified atom stereocenters. The highest BCUT2D eigenvalue weighted by Crippen LogP contribution is 2.51. The molecule has 21 heavy (non-hydrogen) atoms. The summed E-state index contributed by atoms with van der Waals surface area (Å²) in [6.45, 7) is 0. The van der Waals surface area contributed by atoms with Crippen LogP contribution in [0.15, 0.2) is 36.4 Å². The quantitative estimate of drug-likeness (QED) is 0.525. The first kappa shape index (κ1) is 13.8. The molecule has 0 bridgehead atoms. The summed E-state index contributed by atoms with van der Waals surface area (Å²) >= 11 is 0. The van der Waals surface area contributed by atoms with Crippen LogP contribution in [-0.2, 0) is 4.79 Å². The van der Waals surface area contributed by atoms with Gasteiger partial charge in [0, 0.05) is 23.7 Å². The molecule has 0 aromatic heterocycles. The van der Waals surface area contributed by atoms with Gasteiger partial charge in [0.05, 0.1) is 4.92 Å². The van der Waals surface area contributed by atoms with Crippen LogP contribution in [0.5, 0.6) is 0 Å². The summed E-state index contributed by atoms with van der Waals surface area (Å²) in [6.07, 6.45) is 8.91. The number of benzene rings is 1. The second-order valence-corrected chi connectivity index (χ2v) is 5.78. The zero-order valence-corrected chi connectivity index (χ0v) is 11.7. The Kier molecular flexibility index (Phi) is 3.73. The van der Waals surface area contributed by atoms with E-state index in [0.717, 1.165) is 12.8 Å². The fourth-order valence-corrected chi connectivity index (χ4v) is 3.22. The molecule has 0 aliphatic heterocycles. The highest BCUT2D eigenvalue weighted by atomic mass is 16.6. The predicted molar refractivity (Wildman–Crippen MR) is 79.8 cm³/mol. The van der Waals surface area contributed by atoms with Gasteiger partial charge in [-0.1, -0.05) is 24.6 Å². The van der Waals surface area contributed by atoms with E-state index in [2.05, 4.69) is 17.5 Å². The Morgan fingerprint density at radius 3 is 3.00 bits per heavy atom. The number of fused-ring (bicyclic) bond motifs is 1. The second-order valence-electron chi connectivity index (χ2n) is 5.78. The topological polar surface area (TPSA) is 72.2 Å². The van der Waals surface area contributed by atoms with Crippen molar-refractivity contribution in [3.63, 3.8) is 0 Å². The summed E-state index contributed by atoms with van der Waals surface area (Å²) < 4.78 is 0. The number of nitro benzene ring substituents is 1. The smallest absolute Gasteiger partial charge is 0.271 e. The molecule has 1 aromatic carbocycles. The van der Waals surface area contributed by atoms with Crippen molar-refractivity contribution in [1.82, 2.24) is 0 Å². The van der Waals surface area contributed by atoms with Crippen LogP contribution in [0.1, 0.15) is 25.7 Å². The lowest BCUT2D eigenvalue weighted by atomic mass is 10.1. The van der Waals surface area contributed by atoms with Crippen LogP contribution >= 0.6 is 0 Å². The third kappa shape index (κ3) is 2.96. The molecular weight excluding hydrogens is 268 g/mol.